The molecule has 7 heteroatoms. The number of carbonyl (C=O) groups is 2. The normalized spacial score (nSPS) is 20.2. The maximum absolute atomic E-state index is 13.2. The summed E-state index contributed by atoms with van der Waals surface area (Å²) in [5.41, 5.74) is 1.74. The smallest absolute Gasteiger partial charge is 0.254 e. The molecule has 3 heterocycles. The van der Waals surface area contributed by atoms with Gasteiger partial charge in [-0.2, -0.15) is 0 Å². The highest BCUT2D eigenvalue weighted by Crippen LogP contribution is 2.24. The molecule has 33 heavy (non-hydrogen) atoms. The van der Waals surface area contributed by atoms with Crippen molar-refractivity contribution >= 4 is 11.8 Å². The lowest BCUT2D eigenvalue weighted by Gasteiger charge is -2.36. The van der Waals surface area contributed by atoms with Gasteiger partial charge in [0.2, 0.25) is 11.8 Å². The van der Waals surface area contributed by atoms with Gasteiger partial charge in [-0.1, -0.05) is 12.1 Å². The Bertz CT molecular complexity index is 964. The maximum Gasteiger partial charge on any atom is 0.254 e. The van der Waals surface area contributed by atoms with E-state index in [1.54, 1.807) is 23.2 Å². The molecule has 1 atom stereocenters. The van der Waals surface area contributed by atoms with Crippen molar-refractivity contribution < 1.29 is 19.1 Å². The summed E-state index contributed by atoms with van der Waals surface area (Å²) in [5, 5.41) is 0. The number of ether oxygens (including phenoxy) is 2. The number of methoxy groups -OCH3 is 1. The number of hydrogen-bond donors (Lipinski definition) is 0. The third kappa shape index (κ3) is 6.03. The number of carbonyl (C=O) groups excluding carboxylic acids is 2. The quantitative estimate of drug-likeness (QED) is 0.696. The van der Waals surface area contributed by atoms with Crippen molar-refractivity contribution in [3.63, 3.8) is 0 Å². The minimum absolute atomic E-state index is 0.110. The summed E-state index contributed by atoms with van der Waals surface area (Å²) in [6.45, 7) is 2.16. The highest BCUT2D eigenvalue weighted by Gasteiger charge is 2.26. The Balaban J connectivity index is 1.53. The first-order chi connectivity index (χ1) is 16.1. The van der Waals surface area contributed by atoms with Gasteiger partial charge >= 0.3 is 0 Å². The molecule has 0 saturated carbocycles. The highest BCUT2D eigenvalue weighted by molar-refractivity contribution is 5.94. The fourth-order valence-corrected chi connectivity index (χ4v) is 4.74. The van der Waals surface area contributed by atoms with Gasteiger partial charge in [0.15, 0.2) is 0 Å². The fraction of sp³-hybridized carbons (Fsp3) is 0.500. The molecule has 1 aromatic carbocycles. The molecule has 1 saturated heterocycles. The first kappa shape index (κ1) is 23.1. The Hall–Kier alpha value is -3.09. The second kappa shape index (κ2) is 11.2. The number of rotatable bonds is 2. The number of benzene rings is 1. The van der Waals surface area contributed by atoms with Crippen LogP contribution in [0.25, 0.3) is 0 Å². The van der Waals surface area contributed by atoms with Crippen LogP contribution in [0.5, 0.6) is 11.6 Å². The Morgan fingerprint density at radius 2 is 1.97 bits per heavy atom. The van der Waals surface area contributed by atoms with Crippen LogP contribution in [0.15, 0.2) is 42.6 Å². The Morgan fingerprint density at radius 1 is 1.06 bits per heavy atom. The topological polar surface area (TPSA) is 72.0 Å². The van der Waals surface area contributed by atoms with Crippen LogP contribution in [0.1, 0.15) is 54.4 Å². The molecule has 1 fully saturated rings. The van der Waals surface area contributed by atoms with Crippen molar-refractivity contribution in [1.82, 2.24) is 14.8 Å². The molecule has 0 aliphatic carbocycles. The highest BCUT2D eigenvalue weighted by atomic mass is 16.5. The van der Waals surface area contributed by atoms with Gasteiger partial charge < -0.3 is 19.3 Å². The second-order valence-electron chi connectivity index (χ2n) is 8.75. The largest absolute Gasteiger partial charge is 0.492 e. The Labute approximate surface area is 195 Å². The number of fused-ring (bicyclic) bond motifs is 3. The monoisotopic (exact) mass is 451 g/mol. The molecule has 2 bridgehead atoms. The van der Waals surface area contributed by atoms with Crippen LogP contribution < -0.4 is 9.47 Å². The molecule has 1 aromatic heterocycles. The van der Waals surface area contributed by atoms with Gasteiger partial charge in [0, 0.05) is 43.4 Å². The maximum atomic E-state index is 13.2. The first-order valence-corrected chi connectivity index (χ1v) is 11.9. The molecule has 176 valence electrons. The summed E-state index contributed by atoms with van der Waals surface area (Å²) < 4.78 is 11.2. The van der Waals surface area contributed by atoms with E-state index in [1.807, 2.05) is 12.1 Å². The zero-order valence-corrected chi connectivity index (χ0v) is 19.4. The number of aromatic nitrogens is 1. The molecule has 2 aromatic rings. The third-order valence-corrected chi connectivity index (χ3v) is 6.54. The third-order valence-electron chi connectivity index (χ3n) is 6.54. The molecule has 2 aliphatic heterocycles. The van der Waals surface area contributed by atoms with Gasteiger partial charge in [-0.25, -0.2) is 4.98 Å². The van der Waals surface area contributed by atoms with E-state index < -0.39 is 0 Å². The number of aryl methyl sites for hydroxylation is 1. The van der Waals surface area contributed by atoms with Crippen molar-refractivity contribution in [3.05, 3.63) is 53.7 Å². The van der Waals surface area contributed by atoms with Crippen molar-refractivity contribution in [2.24, 2.45) is 0 Å². The lowest BCUT2D eigenvalue weighted by Crippen LogP contribution is -2.44. The van der Waals surface area contributed by atoms with Gasteiger partial charge in [0.1, 0.15) is 12.4 Å². The average molecular weight is 452 g/mol. The molecular weight excluding hydrogens is 418 g/mol. The van der Waals surface area contributed by atoms with Gasteiger partial charge in [-0.05, 0) is 62.3 Å². The summed E-state index contributed by atoms with van der Waals surface area (Å²) in [6.07, 6.45) is 7.87. The van der Waals surface area contributed by atoms with Crippen LogP contribution in [0.4, 0.5) is 0 Å². The lowest BCUT2D eigenvalue weighted by atomic mass is 9.95. The van der Waals surface area contributed by atoms with Crippen LogP contribution in [0.3, 0.4) is 0 Å². The van der Waals surface area contributed by atoms with Crippen molar-refractivity contribution in [2.45, 2.75) is 51.0 Å². The Kier molecular flexibility index (Phi) is 7.81. The van der Waals surface area contributed by atoms with Crippen LogP contribution in [-0.4, -0.2) is 66.0 Å². The molecule has 7 nitrogen and oxygen atoms in total. The van der Waals surface area contributed by atoms with E-state index in [2.05, 4.69) is 22.0 Å². The van der Waals surface area contributed by atoms with Crippen molar-refractivity contribution in [2.75, 3.05) is 33.4 Å². The van der Waals surface area contributed by atoms with Gasteiger partial charge in [0.25, 0.3) is 5.91 Å². The van der Waals surface area contributed by atoms with E-state index in [9.17, 15) is 9.59 Å². The van der Waals surface area contributed by atoms with E-state index in [0.29, 0.717) is 50.0 Å². The molecule has 1 unspecified atom stereocenters. The van der Waals surface area contributed by atoms with E-state index >= 15 is 0 Å². The second-order valence-corrected chi connectivity index (χ2v) is 8.75. The predicted octanol–water partition coefficient (Wildman–Crippen LogP) is 3.72. The van der Waals surface area contributed by atoms with Crippen LogP contribution >= 0.6 is 0 Å². The number of pyridine rings is 1. The standard InChI is InChI=1S/C26H33N3O4/c1-32-24-19-21(12-13-27-24)26(31)28-14-5-9-25(30)29-15-3-2-7-22(29)11-10-20-6-4-8-23(18-20)33-17-16-28/h4,6,8,12-13,18-19,22H,2-3,5,7,9-11,14-17H2,1H3. The molecule has 2 aliphatic rings. The summed E-state index contributed by atoms with van der Waals surface area (Å²) in [5.74, 6) is 1.31. The first-order valence-electron chi connectivity index (χ1n) is 11.9. The fourth-order valence-electron chi connectivity index (χ4n) is 4.74. The summed E-state index contributed by atoms with van der Waals surface area (Å²) in [4.78, 5) is 34.2. The zero-order chi connectivity index (χ0) is 23.0. The number of nitrogens with zero attached hydrogens (tertiary/aromatic N) is 3. The minimum atomic E-state index is -0.110. The van der Waals surface area contributed by atoms with E-state index in [1.165, 1.54) is 19.1 Å². The molecule has 0 spiro atoms. The van der Waals surface area contributed by atoms with Crippen LogP contribution in [0, 0.1) is 0 Å². The van der Waals surface area contributed by atoms with Crippen molar-refractivity contribution in [3.8, 4) is 11.6 Å². The van der Waals surface area contributed by atoms with E-state index in [4.69, 9.17) is 9.47 Å². The number of amides is 2. The molecule has 0 N–H and O–H groups in total. The van der Waals surface area contributed by atoms with E-state index in [0.717, 1.165) is 38.0 Å². The van der Waals surface area contributed by atoms with Crippen LogP contribution in [-0.2, 0) is 11.2 Å². The summed E-state index contributed by atoms with van der Waals surface area (Å²) >= 11 is 0. The zero-order valence-electron chi connectivity index (χ0n) is 19.4. The van der Waals surface area contributed by atoms with E-state index in [-0.39, 0.29) is 11.8 Å². The number of piperidine rings is 1. The lowest BCUT2D eigenvalue weighted by molar-refractivity contribution is -0.135. The Morgan fingerprint density at radius 3 is 2.85 bits per heavy atom. The van der Waals surface area contributed by atoms with Gasteiger partial charge in [-0.15, -0.1) is 0 Å². The molecule has 2 amide bonds. The molecular formula is C26H33N3O4. The van der Waals surface area contributed by atoms with Crippen LogP contribution in [0.2, 0.25) is 0 Å². The summed E-state index contributed by atoms with van der Waals surface area (Å²) in [6, 6.07) is 11.8. The van der Waals surface area contributed by atoms with Gasteiger partial charge in [-0.3, -0.25) is 9.59 Å². The number of hydrogen-bond acceptors (Lipinski definition) is 5. The SMILES string of the molecule is COc1cc(C(=O)N2CCCC(=O)N3CCCCC3CCc3cccc(c3)OCC2)ccn1. The molecule has 4 rings (SSSR count). The average Bonchev–Trinajstić information content (AvgIpc) is 2.86. The minimum Gasteiger partial charge on any atom is -0.492 e. The predicted molar refractivity (Wildman–Crippen MR) is 126 cm³/mol. The van der Waals surface area contributed by atoms with Crippen molar-refractivity contribution in [1.29, 1.82) is 0 Å². The summed E-state index contributed by atoms with van der Waals surface area (Å²) in [7, 11) is 1.53. The molecule has 0 radical (unpaired) electrons. The van der Waals surface area contributed by atoms with Gasteiger partial charge in [0.05, 0.1) is 13.7 Å².